The van der Waals surface area contributed by atoms with Crippen LogP contribution in [0.5, 0.6) is 0 Å². The second-order valence-electron chi connectivity index (χ2n) is 6.13. The van der Waals surface area contributed by atoms with Crippen molar-refractivity contribution in [2.24, 2.45) is 16.9 Å². The van der Waals surface area contributed by atoms with E-state index in [1.54, 1.807) is 0 Å². The van der Waals surface area contributed by atoms with E-state index in [9.17, 15) is 9.59 Å². The van der Waals surface area contributed by atoms with E-state index in [4.69, 9.17) is 11.5 Å². The summed E-state index contributed by atoms with van der Waals surface area (Å²) in [5.74, 6) is -0.101. The molecule has 0 radical (unpaired) electrons. The monoisotopic (exact) mass is 320 g/mol. The van der Waals surface area contributed by atoms with Crippen molar-refractivity contribution < 1.29 is 9.59 Å². The highest BCUT2D eigenvalue weighted by atomic mass is 35.5. The first-order chi connectivity index (χ1) is 9.43. The molecule has 6 nitrogen and oxygen atoms in total. The molecule has 0 spiro atoms. The molecule has 3 amide bonds. The Balaban J connectivity index is 0.00000400. The first-order valence-electron chi connectivity index (χ1n) is 7.49. The van der Waals surface area contributed by atoms with Crippen molar-refractivity contribution in [1.29, 1.82) is 0 Å². The fraction of sp³-hybridized carbons (Fsp3) is 0.857. The molecule has 0 aromatic rings. The maximum Gasteiger partial charge on any atom is 0.312 e. The highest BCUT2D eigenvalue weighted by Crippen LogP contribution is 2.34. The Morgan fingerprint density at radius 3 is 2.38 bits per heavy atom. The SMILES string of the molecule is CC1(CNC(=O)[C@@H](N)CCCNC(N)=O)CCCCC1.Cl. The van der Waals surface area contributed by atoms with Crippen LogP contribution in [0.25, 0.3) is 0 Å². The number of primary amides is 1. The molecule has 1 fully saturated rings. The molecular formula is C14H29ClN4O2. The van der Waals surface area contributed by atoms with Crippen molar-refractivity contribution in [2.75, 3.05) is 13.1 Å². The number of rotatable bonds is 7. The number of hydrogen-bond donors (Lipinski definition) is 4. The van der Waals surface area contributed by atoms with Crippen LogP contribution in [0.4, 0.5) is 4.79 Å². The quantitative estimate of drug-likeness (QED) is 0.530. The maximum atomic E-state index is 11.9. The summed E-state index contributed by atoms with van der Waals surface area (Å²) in [6.07, 6.45) is 7.33. The molecule has 0 aliphatic heterocycles. The average molecular weight is 321 g/mol. The lowest BCUT2D eigenvalue weighted by molar-refractivity contribution is -0.123. The van der Waals surface area contributed by atoms with E-state index in [1.165, 1.54) is 32.1 Å². The molecule has 1 saturated carbocycles. The van der Waals surface area contributed by atoms with Crippen molar-refractivity contribution in [3.8, 4) is 0 Å². The van der Waals surface area contributed by atoms with Crippen LogP contribution in [0.1, 0.15) is 51.9 Å². The molecule has 1 rings (SSSR count). The molecule has 0 heterocycles. The number of carbonyl (C=O) groups is 2. The highest BCUT2D eigenvalue weighted by Gasteiger charge is 2.27. The number of urea groups is 1. The van der Waals surface area contributed by atoms with E-state index in [2.05, 4.69) is 17.6 Å². The standard InChI is InChI=1S/C14H28N4O2.ClH/c1-14(7-3-2-4-8-14)10-18-12(19)11(15)6-5-9-17-13(16)20;/h11H,2-10,15H2,1H3,(H,18,19)(H3,16,17,20);1H/t11-;/m0./s1. The van der Waals surface area contributed by atoms with Crippen molar-refractivity contribution in [3.05, 3.63) is 0 Å². The number of hydrogen-bond acceptors (Lipinski definition) is 3. The molecule has 0 aromatic carbocycles. The second-order valence-corrected chi connectivity index (χ2v) is 6.13. The molecule has 7 heteroatoms. The van der Waals surface area contributed by atoms with Gasteiger partial charge in [-0.05, 0) is 31.1 Å². The molecule has 124 valence electrons. The van der Waals surface area contributed by atoms with Gasteiger partial charge in [-0.1, -0.05) is 26.2 Å². The minimum Gasteiger partial charge on any atom is -0.354 e. The largest absolute Gasteiger partial charge is 0.354 e. The molecule has 0 unspecified atom stereocenters. The van der Waals surface area contributed by atoms with Gasteiger partial charge in [-0.15, -0.1) is 12.4 Å². The molecule has 1 aliphatic carbocycles. The Labute approximate surface area is 133 Å². The molecule has 6 N–H and O–H groups in total. The Hall–Kier alpha value is -1.01. The highest BCUT2D eigenvalue weighted by molar-refractivity contribution is 5.85. The average Bonchev–Trinajstić information content (AvgIpc) is 2.41. The van der Waals surface area contributed by atoms with Gasteiger partial charge < -0.3 is 22.1 Å². The Kier molecular flexibility index (Phi) is 9.37. The summed E-state index contributed by atoms with van der Waals surface area (Å²) in [4.78, 5) is 22.4. The normalized spacial score (nSPS) is 18.2. The first-order valence-corrected chi connectivity index (χ1v) is 7.49. The van der Waals surface area contributed by atoms with Gasteiger partial charge in [0.15, 0.2) is 0 Å². The lowest BCUT2D eigenvalue weighted by atomic mass is 9.76. The molecule has 1 atom stereocenters. The summed E-state index contributed by atoms with van der Waals surface area (Å²) in [7, 11) is 0. The van der Waals surface area contributed by atoms with Gasteiger partial charge in [0.05, 0.1) is 6.04 Å². The van der Waals surface area contributed by atoms with Crippen LogP contribution in [0.3, 0.4) is 0 Å². The van der Waals surface area contributed by atoms with E-state index in [1.807, 2.05) is 0 Å². The van der Waals surface area contributed by atoms with Crippen LogP contribution in [-0.2, 0) is 4.79 Å². The zero-order valence-corrected chi connectivity index (χ0v) is 13.6. The molecular weight excluding hydrogens is 292 g/mol. The van der Waals surface area contributed by atoms with Gasteiger partial charge in [-0.3, -0.25) is 4.79 Å². The van der Waals surface area contributed by atoms with Crippen LogP contribution >= 0.6 is 12.4 Å². The third kappa shape index (κ3) is 8.12. The van der Waals surface area contributed by atoms with Crippen molar-refractivity contribution in [3.63, 3.8) is 0 Å². The van der Waals surface area contributed by atoms with Gasteiger partial charge in [0.2, 0.25) is 5.91 Å². The van der Waals surface area contributed by atoms with Crippen LogP contribution < -0.4 is 22.1 Å². The Morgan fingerprint density at radius 2 is 1.81 bits per heavy atom. The van der Waals surface area contributed by atoms with Crippen molar-refractivity contribution >= 4 is 24.3 Å². The number of nitrogens with two attached hydrogens (primary N) is 2. The van der Waals surface area contributed by atoms with Crippen LogP contribution in [0, 0.1) is 5.41 Å². The second kappa shape index (κ2) is 9.84. The third-order valence-electron chi connectivity index (χ3n) is 4.08. The van der Waals surface area contributed by atoms with Crippen molar-refractivity contribution in [2.45, 2.75) is 57.9 Å². The number of amides is 3. The molecule has 0 aromatic heterocycles. The van der Waals surface area contributed by atoms with Crippen LogP contribution in [0.2, 0.25) is 0 Å². The van der Waals surface area contributed by atoms with E-state index in [-0.39, 0.29) is 23.7 Å². The number of nitrogens with one attached hydrogen (secondary N) is 2. The molecule has 1 aliphatic rings. The van der Waals surface area contributed by atoms with E-state index in [0.717, 1.165) is 0 Å². The van der Waals surface area contributed by atoms with Gasteiger partial charge in [-0.2, -0.15) is 0 Å². The summed E-state index contributed by atoms with van der Waals surface area (Å²) < 4.78 is 0. The van der Waals surface area contributed by atoms with E-state index >= 15 is 0 Å². The fourth-order valence-corrected chi connectivity index (χ4v) is 2.68. The fourth-order valence-electron chi connectivity index (χ4n) is 2.68. The number of carbonyl (C=O) groups excluding carboxylic acids is 2. The summed E-state index contributed by atoms with van der Waals surface area (Å²) >= 11 is 0. The van der Waals surface area contributed by atoms with Gasteiger partial charge in [0, 0.05) is 13.1 Å². The van der Waals surface area contributed by atoms with Gasteiger partial charge >= 0.3 is 6.03 Å². The molecule has 21 heavy (non-hydrogen) atoms. The minimum atomic E-state index is -0.548. The maximum absolute atomic E-state index is 11.9. The van der Waals surface area contributed by atoms with Gasteiger partial charge in [-0.25, -0.2) is 4.79 Å². The van der Waals surface area contributed by atoms with Gasteiger partial charge in [0.1, 0.15) is 0 Å². The predicted octanol–water partition coefficient (Wildman–Crippen LogP) is 1.27. The summed E-state index contributed by atoms with van der Waals surface area (Å²) in [5.41, 5.74) is 11.0. The van der Waals surface area contributed by atoms with E-state index < -0.39 is 12.1 Å². The summed E-state index contributed by atoms with van der Waals surface area (Å²) in [5, 5.41) is 5.45. The zero-order valence-electron chi connectivity index (χ0n) is 12.8. The predicted molar refractivity (Wildman–Crippen MR) is 86.2 cm³/mol. The van der Waals surface area contributed by atoms with E-state index in [0.29, 0.717) is 25.9 Å². The zero-order chi connectivity index (χ0) is 15.0. The van der Waals surface area contributed by atoms with Crippen LogP contribution in [-0.4, -0.2) is 31.1 Å². The third-order valence-corrected chi connectivity index (χ3v) is 4.08. The molecule has 0 saturated heterocycles. The lowest BCUT2D eigenvalue weighted by Crippen LogP contribution is -2.45. The Morgan fingerprint density at radius 1 is 1.19 bits per heavy atom. The minimum absolute atomic E-state index is 0. The summed E-state index contributed by atoms with van der Waals surface area (Å²) in [6, 6.07) is -1.06. The topological polar surface area (TPSA) is 110 Å². The first kappa shape index (κ1) is 20.0. The van der Waals surface area contributed by atoms with Crippen LogP contribution in [0.15, 0.2) is 0 Å². The lowest BCUT2D eigenvalue weighted by Gasteiger charge is -2.34. The Bertz CT molecular complexity index is 333. The molecule has 0 bridgehead atoms. The van der Waals surface area contributed by atoms with Gasteiger partial charge in [0.25, 0.3) is 0 Å². The summed E-state index contributed by atoms with van der Waals surface area (Å²) in [6.45, 7) is 3.39. The van der Waals surface area contributed by atoms with Crippen molar-refractivity contribution in [1.82, 2.24) is 10.6 Å². The number of halogens is 1. The smallest absolute Gasteiger partial charge is 0.312 e.